The van der Waals surface area contributed by atoms with Crippen molar-refractivity contribution in [2.45, 2.75) is 59.8 Å². The molecule has 35 heavy (non-hydrogen) atoms. The van der Waals surface area contributed by atoms with E-state index in [1.165, 1.54) is 61.4 Å². The molecule has 0 atom stereocenters. The Hall–Kier alpha value is -2.91. The second-order valence-corrected chi connectivity index (χ2v) is 8.96. The highest BCUT2D eigenvalue weighted by molar-refractivity contribution is 5.75. The number of aromatic nitrogens is 2. The molecule has 188 valence electrons. The zero-order chi connectivity index (χ0) is 25.3. The number of hydrogen-bond acceptors (Lipinski definition) is 2. The van der Waals surface area contributed by atoms with E-state index in [4.69, 9.17) is 4.98 Å². The van der Waals surface area contributed by atoms with Gasteiger partial charge in [-0.05, 0) is 69.9 Å². The second kappa shape index (κ2) is 16.7. The van der Waals surface area contributed by atoms with Crippen LogP contribution in [0.4, 0.5) is 0 Å². The van der Waals surface area contributed by atoms with Crippen molar-refractivity contribution in [3.05, 3.63) is 102 Å². The Morgan fingerprint density at radius 2 is 1.37 bits per heavy atom. The molecule has 0 fully saturated rings. The van der Waals surface area contributed by atoms with E-state index in [1.54, 1.807) is 0 Å². The van der Waals surface area contributed by atoms with E-state index in [9.17, 15) is 0 Å². The summed E-state index contributed by atoms with van der Waals surface area (Å²) in [5.41, 5.74) is 5.09. The first-order valence-electron chi connectivity index (χ1n) is 13.3. The van der Waals surface area contributed by atoms with Crippen molar-refractivity contribution in [3.8, 4) is 0 Å². The number of unbranched alkanes of at least 4 members (excludes halogenated alkanes) is 1. The Morgan fingerprint density at radius 3 is 1.89 bits per heavy atom. The summed E-state index contributed by atoms with van der Waals surface area (Å²) in [4.78, 5) is 7.27. The monoisotopic (exact) mass is 471 g/mol. The second-order valence-electron chi connectivity index (χ2n) is 8.96. The van der Waals surface area contributed by atoms with Crippen molar-refractivity contribution in [3.63, 3.8) is 0 Å². The number of imidazole rings is 1. The molecule has 3 heteroatoms. The molecule has 0 amide bonds. The van der Waals surface area contributed by atoms with E-state index in [0.29, 0.717) is 0 Å². The Balaban J connectivity index is 0.000000234. The third-order valence-electron chi connectivity index (χ3n) is 6.18. The molecule has 0 bridgehead atoms. The van der Waals surface area contributed by atoms with Gasteiger partial charge in [0.25, 0.3) is 0 Å². The maximum atomic E-state index is 4.73. The maximum absolute atomic E-state index is 4.73. The molecule has 1 heterocycles. The molecule has 4 rings (SSSR count). The third-order valence-corrected chi connectivity index (χ3v) is 6.18. The van der Waals surface area contributed by atoms with Crippen LogP contribution in [0.15, 0.2) is 84.9 Å². The summed E-state index contributed by atoms with van der Waals surface area (Å²) in [5, 5.41) is 0. The van der Waals surface area contributed by atoms with Crippen molar-refractivity contribution in [2.75, 3.05) is 19.6 Å². The lowest BCUT2D eigenvalue weighted by Crippen LogP contribution is -2.25. The van der Waals surface area contributed by atoms with E-state index >= 15 is 0 Å². The van der Waals surface area contributed by atoms with Gasteiger partial charge in [0, 0.05) is 13.5 Å². The van der Waals surface area contributed by atoms with Gasteiger partial charge >= 0.3 is 0 Å². The minimum atomic E-state index is 1.08. The number of rotatable bonds is 9. The summed E-state index contributed by atoms with van der Waals surface area (Å²) in [5.74, 6) is 1.21. The van der Waals surface area contributed by atoms with Gasteiger partial charge in [-0.25, -0.2) is 4.98 Å². The van der Waals surface area contributed by atoms with Crippen LogP contribution in [0.2, 0.25) is 0 Å². The van der Waals surface area contributed by atoms with Crippen molar-refractivity contribution >= 4 is 11.0 Å². The standard InChI is InChI=1S/C17H27N3.C8H10.C7H8/c1-4-13-20(5-2)14-9-8-12-17-18-15-10-6-7-11-16(15)19(17)3;1-2-8-6-4-3-5-7-8;1-7-5-3-2-4-6-7/h6-7,10-11H,4-5,8-9,12-14H2,1-3H3;3-7H,2H2,1H3;2-6H,1H3. The first-order chi connectivity index (χ1) is 17.1. The lowest BCUT2D eigenvalue weighted by atomic mass is 10.2. The summed E-state index contributed by atoms with van der Waals surface area (Å²) < 4.78 is 2.24. The lowest BCUT2D eigenvalue weighted by molar-refractivity contribution is 0.282. The van der Waals surface area contributed by atoms with Crippen molar-refractivity contribution in [1.29, 1.82) is 0 Å². The van der Waals surface area contributed by atoms with Crippen molar-refractivity contribution in [1.82, 2.24) is 14.5 Å². The molecule has 0 aliphatic heterocycles. The highest BCUT2D eigenvalue weighted by Crippen LogP contribution is 2.15. The van der Waals surface area contributed by atoms with Crippen LogP contribution in [0.5, 0.6) is 0 Å². The predicted molar refractivity (Wildman–Crippen MR) is 153 cm³/mol. The number of aryl methyl sites for hydroxylation is 4. The molecular formula is C32H45N3. The zero-order valence-electron chi connectivity index (χ0n) is 22.6. The lowest BCUT2D eigenvalue weighted by Gasteiger charge is -2.19. The molecule has 1 aromatic heterocycles. The number of hydrogen-bond donors (Lipinski definition) is 0. The largest absolute Gasteiger partial charge is 0.331 e. The van der Waals surface area contributed by atoms with Crippen LogP contribution in [0, 0.1) is 6.92 Å². The average molecular weight is 472 g/mol. The van der Waals surface area contributed by atoms with E-state index in [-0.39, 0.29) is 0 Å². The van der Waals surface area contributed by atoms with E-state index in [0.717, 1.165) is 18.4 Å². The van der Waals surface area contributed by atoms with E-state index in [2.05, 4.69) is 105 Å². The summed E-state index contributed by atoms with van der Waals surface area (Å²) in [6.45, 7) is 12.4. The minimum Gasteiger partial charge on any atom is -0.331 e. The zero-order valence-corrected chi connectivity index (χ0v) is 22.6. The summed E-state index contributed by atoms with van der Waals surface area (Å²) in [6, 6.07) is 29.1. The molecule has 0 saturated carbocycles. The molecule has 0 N–H and O–H groups in total. The van der Waals surface area contributed by atoms with Gasteiger partial charge in [0.05, 0.1) is 11.0 Å². The number of nitrogens with zero attached hydrogens (tertiary/aromatic N) is 3. The average Bonchev–Trinajstić information content (AvgIpc) is 3.23. The van der Waals surface area contributed by atoms with Gasteiger partial charge < -0.3 is 9.47 Å². The van der Waals surface area contributed by atoms with Crippen molar-refractivity contribution < 1.29 is 0 Å². The molecule has 0 saturated heterocycles. The Bertz CT molecular complexity index is 1050. The van der Waals surface area contributed by atoms with Gasteiger partial charge in [0.1, 0.15) is 5.82 Å². The topological polar surface area (TPSA) is 21.1 Å². The minimum absolute atomic E-state index is 1.08. The Morgan fingerprint density at radius 1 is 0.743 bits per heavy atom. The van der Waals surface area contributed by atoms with Crippen LogP contribution in [0.3, 0.4) is 0 Å². The molecule has 0 radical (unpaired) electrons. The fraction of sp³-hybridized carbons (Fsp3) is 0.406. The summed E-state index contributed by atoms with van der Waals surface area (Å²) in [7, 11) is 2.13. The highest BCUT2D eigenvalue weighted by Gasteiger charge is 2.07. The fourth-order valence-corrected chi connectivity index (χ4v) is 4.03. The quantitative estimate of drug-likeness (QED) is 0.232. The first kappa shape index (κ1) is 28.3. The number of para-hydroxylation sites is 2. The van der Waals surface area contributed by atoms with Crippen LogP contribution in [0.1, 0.15) is 57.0 Å². The molecule has 3 nitrogen and oxygen atoms in total. The van der Waals surface area contributed by atoms with Gasteiger partial charge in [-0.2, -0.15) is 0 Å². The normalized spacial score (nSPS) is 10.5. The SMILES string of the molecule is CCCN(CC)CCCCc1nc2ccccc2n1C.CCc1ccccc1.Cc1ccccc1. The molecule has 0 unspecified atom stereocenters. The van der Waals surface area contributed by atoms with Gasteiger partial charge in [0.2, 0.25) is 0 Å². The smallest absolute Gasteiger partial charge is 0.109 e. The van der Waals surface area contributed by atoms with Crippen LogP contribution >= 0.6 is 0 Å². The molecule has 0 spiro atoms. The number of benzene rings is 3. The molecular weight excluding hydrogens is 426 g/mol. The van der Waals surface area contributed by atoms with Crippen LogP contribution in [-0.4, -0.2) is 34.1 Å². The summed E-state index contributed by atoms with van der Waals surface area (Å²) in [6.07, 6.45) is 5.95. The molecule has 4 aromatic rings. The molecule has 0 aliphatic rings. The molecule has 3 aromatic carbocycles. The molecule has 0 aliphatic carbocycles. The Kier molecular flexibility index (Phi) is 13.5. The van der Waals surface area contributed by atoms with Crippen LogP contribution in [-0.2, 0) is 19.9 Å². The predicted octanol–water partition coefficient (Wildman–Crippen LogP) is 7.87. The fourth-order valence-electron chi connectivity index (χ4n) is 4.03. The van der Waals surface area contributed by atoms with Gasteiger partial charge in [0.15, 0.2) is 0 Å². The van der Waals surface area contributed by atoms with Crippen molar-refractivity contribution in [2.24, 2.45) is 7.05 Å². The van der Waals surface area contributed by atoms with Gasteiger partial charge in [-0.15, -0.1) is 0 Å². The number of fused-ring (bicyclic) bond motifs is 1. The van der Waals surface area contributed by atoms with E-state index < -0.39 is 0 Å². The Labute approximate surface area is 213 Å². The third kappa shape index (κ3) is 10.5. The van der Waals surface area contributed by atoms with Gasteiger partial charge in [-0.1, -0.05) is 99.1 Å². The van der Waals surface area contributed by atoms with E-state index in [1.807, 2.05) is 24.3 Å². The highest BCUT2D eigenvalue weighted by atomic mass is 15.1. The maximum Gasteiger partial charge on any atom is 0.109 e. The van der Waals surface area contributed by atoms with Crippen LogP contribution < -0.4 is 0 Å². The van der Waals surface area contributed by atoms with Gasteiger partial charge in [-0.3, -0.25) is 0 Å². The van der Waals surface area contributed by atoms with Crippen LogP contribution in [0.25, 0.3) is 11.0 Å². The first-order valence-corrected chi connectivity index (χ1v) is 13.3. The summed E-state index contributed by atoms with van der Waals surface area (Å²) >= 11 is 0.